The molecule has 0 aromatic carbocycles. The molecule has 0 aromatic rings. The average Bonchev–Trinajstić information content (AvgIpc) is 3.12. The molecule has 0 spiro atoms. The molecule has 0 aliphatic heterocycles. The summed E-state index contributed by atoms with van der Waals surface area (Å²) in [5.74, 6) is 0. The van der Waals surface area contributed by atoms with Crippen LogP contribution < -0.4 is 0 Å². The molecular weight excluding hydrogens is 252 g/mol. The molecule has 2 unspecified atom stereocenters. The van der Waals surface area contributed by atoms with Gasteiger partial charge in [-0.1, -0.05) is 38.2 Å². The minimum absolute atomic E-state index is 0.554. The van der Waals surface area contributed by atoms with Crippen LogP contribution in [0, 0.1) is 0 Å². The Kier molecular flexibility index (Phi) is 5.86. The first kappa shape index (κ1) is 15.0. The van der Waals surface area contributed by atoms with Gasteiger partial charge < -0.3 is 8.85 Å². The van der Waals surface area contributed by atoms with Crippen molar-refractivity contribution in [3.8, 4) is 0 Å². The maximum Gasteiger partial charge on any atom is 0.352 e. The van der Waals surface area contributed by atoms with E-state index in [2.05, 4.69) is 38.2 Å². The van der Waals surface area contributed by atoms with E-state index < -0.39 is 8.56 Å². The summed E-state index contributed by atoms with van der Waals surface area (Å²) in [5, 5.41) is 0. The summed E-state index contributed by atoms with van der Waals surface area (Å²) in [6.07, 6.45) is 16.4. The molecular formula is C16H28O2Si. The van der Waals surface area contributed by atoms with E-state index in [-0.39, 0.29) is 0 Å². The van der Waals surface area contributed by atoms with Crippen molar-refractivity contribution in [3.05, 3.63) is 24.3 Å². The molecule has 0 heterocycles. The molecule has 0 fully saturated rings. The van der Waals surface area contributed by atoms with E-state index >= 15 is 0 Å². The third-order valence-electron chi connectivity index (χ3n) is 4.12. The van der Waals surface area contributed by atoms with Gasteiger partial charge in [-0.05, 0) is 38.5 Å². The highest BCUT2D eigenvalue weighted by molar-refractivity contribution is 6.71. The van der Waals surface area contributed by atoms with Gasteiger partial charge in [-0.3, -0.25) is 0 Å². The first-order valence-corrected chi connectivity index (χ1v) is 9.91. The number of allylic oxidation sites excluding steroid dienone is 4. The summed E-state index contributed by atoms with van der Waals surface area (Å²) in [5.41, 5.74) is 1.11. The van der Waals surface area contributed by atoms with E-state index in [1.165, 1.54) is 25.7 Å². The van der Waals surface area contributed by atoms with Crippen molar-refractivity contribution in [1.29, 1.82) is 0 Å². The maximum absolute atomic E-state index is 6.46. The lowest BCUT2D eigenvalue weighted by molar-refractivity contribution is 0.155. The second-order valence-corrected chi connectivity index (χ2v) is 9.15. The van der Waals surface area contributed by atoms with Crippen molar-refractivity contribution >= 4 is 8.56 Å². The summed E-state index contributed by atoms with van der Waals surface area (Å²) in [6, 6.07) is 0. The number of rotatable bonds is 8. The number of hydrogen-bond donors (Lipinski definition) is 0. The van der Waals surface area contributed by atoms with Crippen molar-refractivity contribution in [3.63, 3.8) is 0 Å². The smallest absolute Gasteiger partial charge is 0.352 e. The molecule has 19 heavy (non-hydrogen) atoms. The second kappa shape index (κ2) is 7.41. The van der Waals surface area contributed by atoms with Gasteiger partial charge in [0.25, 0.3) is 0 Å². The molecule has 0 saturated carbocycles. The zero-order valence-corrected chi connectivity index (χ0v) is 13.4. The molecule has 2 nitrogen and oxygen atoms in total. The first-order chi connectivity index (χ1) is 9.33. The Bertz CT molecular complexity index is 293. The van der Waals surface area contributed by atoms with Crippen LogP contribution in [0.25, 0.3) is 0 Å². The molecule has 108 valence electrons. The van der Waals surface area contributed by atoms with Crippen LogP contribution in [0.5, 0.6) is 0 Å². The molecule has 2 atom stereocenters. The number of hydrogen-bond acceptors (Lipinski definition) is 2. The molecule has 2 aliphatic rings. The van der Waals surface area contributed by atoms with Gasteiger partial charge in [-0.15, -0.1) is 0 Å². The fraction of sp³-hybridized carbons (Fsp3) is 0.750. The summed E-state index contributed by atoms with van der Waals surface area (Å²) >= 11 is 0. The summed E-state index contributed by atoms with van der Waals surface area (Å²) in [6.45, 7) is 6.08. The molecule has 2 rings (SSSR count). The van der Waals surface area contributed by atoms with E-state index in [0.717, 1.165) is 26.1 Å². The lowest BCUT2D eigenvalue weighted by atomic mass is 10.3. The minimum Gasteiger partial charge on any atom is -0.394 e. The monoisotopic (exact) mass is 280 g/mol. The third kappa shape index (κ3) is 3.39. The Morgan fingerprint density at radius 2 is 1.37 bits per heavy atom. The lowest BCUT2D eigenvalue weighted by Crippen LogP contribution is -2.50. The van der Waals surface area contributed by atoms with Crippen LogP contribution in [-0.2, 0) is 8.85 Å². The Morgan fingerprint density at radius 3 is 1.68 bits per heavy atom. The van der Waals surface area contributed by atoms with E-state index in [4.69, 9.17) is 8.85 Å². The van der Waals surface area contributed by atoms with Crippen LogP contribution in [0.1, 0.15) is 52.4 Å². The summed E-state index contributed by atoms with van der Waals surface area (Å²) in [7, 11) is -2.14. The van der Waals surface area contributed by atoms with Crippen LogP contribution in [0.4, 0.5) is 0 Å². The van der Waals surface area contributed by atoms with Crippen LogP contribution in [0.2, 0.25) is 11.1 Å². The normalized spacial score (nSPS) is 26.4. The van der Waals surface area contributed by atoms with Gasteiger partial charge in [-0.25, -0.2) is 0 Å². The van der Waals surface area contributed by atoms with Gasteiger partial charge in [0.15, 0.2) is 0 Å². The van der Waals surface area contributed by atoms with E-state index in [1.54, 1.807) is 0 Å². The van der Waals surface area contributed by atoms with Gasteiger partial charge >= 0.3 is 8.56 Å². The van der Waals surface area contributed by atoms with Gasteiger partial charge in [-0.2, -0.15) is 0 Å². The quantitative estimate of drug-likeness (QED) is 0.473. The summed E-state index contributed by atoms with van der Waals surface area (Å²) < 4.78 is 12.9. The molecule has 3 heteroatoms. The van der Waals surface area contributed by atoms with Crippen molar-refractivity contribution < 1.29 is 8.85 Å². The predicted octanol–water partition coefficient (Wildman–Crippen LogP) is 4.72. The highest BCUT2D eigenvalue weighted by Gasteiger charge is 2.51. The fourth-order valence-electron chi connectivity index (χ4n) is 3.20. The van der Waals surface area contributed by atoms with Crippen molar-refractivity contribution in [2.24, 2.45) is 0 Å². The molecule has 0 saturated heterocycles. The van der Waals surface area contributed by atoms with Gasteiger partial charge in [0, 0.05) is 24.3 Å². The standard InChI is InChI=1S/C16H28O2Si/c1-3-13-17-19(18-14-4-2,15-9-5-6-10-15)16-11-7-8-12-16/h5,7,9,11,15-16H,3-4,6,8,10,12-14H2,1-2H3. The maximum atomic E-state index is 6.46. The Hall–Kier alpha value is -0.383. The third-order valence-corrected chi connectivity index (χ3v) is 8.46. The molecule has 0 amide bonds. The Labute approximate surface area is 119 Å². The topological polar surface area (TPSA) is 18.5 Å². The Morgan fingerprint density at radius 1 is 0.895 bits per heavy atom. The molecule has 2 aliphatic carbocycles. The van der Waals surface area contributed by atoms with Gasteiger partial charge in [0.05, 0.1) is 0 Å². The molecule has 0 radical (unpaired) electrons. The molecule has 0 bridgehead atoms. The summed E-state index contributed by atoms with van der Waals surface area (Å²) in [4.78, 5) is 0. The SMILES string of the molecule is CCCO[Si](OCCC)(C1C=CCC1)C1C=CCC1. The van der Waals surface area contributed by atoms with Crippen LogP contribution >= 0.6 is 0 Å². The van der Waals surface area contributed by atoms with Crippen molar-refractivity contribution in [2.75, 3.05) is 13.2 Å². The Balaban J connectivity index is 2.19. The van der Waals surface area contributed by atoms with Crippen LogP contribution in [0.15, 0.2) is 24.3 Å². The predicted molar refractivity (Wildman–Crippen MR) is 82.5 cm³/mol. The second-order valence-electron chi connectivity index (χ2n) is 5.64. The van der Waals surface area contributed by atoms with Crippen LogP contribution in [-0.4, -0.2) is 21.8 Å². The largest absolute Gasteiger partial charge is 0.394 e. The van der Waals surface area contributed by atoms with Gasteiger partial charge in [0.2, 0.25) is 0 Å². The van der Waals surface area contributed by atoms with Crippen molar-refractivity contribution in [2.45, 2.75) is 63.5 Å². The lowest BCUT2D eigenvalue weighted by Gasteiger charge is -2.39. The first-order valence-electron chi connectivity index (χ1n) is 7.94. The van der Waals surface area contributed by atoms with Crippen molar-refractivity contribution in [1.82, 2.24) is 0 Å². The zero-order chi connectivity index (χ0) is 13.6. The molecule has 0 aromatic heterocycles. The van der Waals surface area contributed by atoms with E-state index in [0.29, 0.717) is 11.1 Å². The van der Waals surface area contributed by atoms with E-state index in [1.807, 2.05) is 0 Å². The highest BCUT2D eigenvalue weighted by Crippen LogP contribution is 2.46. The van der Waals surface area contributed by atoms with Crippen LogP contribution in [0.3, 0.4) is 0 Å². The fourth-order valence-corrected chi connectivity index (χ4v) is 7.69. The zero-order valence-electron chi connectivity index (χ0n) is 12.4. The average molecular weight is 280 g/mol. The highest BCUT2D eigenvalue weighted by atomic mass is 28.4. The van der Waals surface area contributed by atoms with E-state index in [9.17, 15) is 0 Å². The van der Waals surface area contributed by atoms with Gasteiger partial charge in [0.1, 0.15) is 0 Å². The molecule has 0 N–H and O–H groups in total. The minimum atomic E-state index is -2.14.